The van der Waals surface area contributed by atoms with Gasteiger partial charge in [-0.15, -0.1) is 0 Å². The van der Waals surface area contributed by atoms with E-state index in [1.54, 1.807) is 6.07 Å². The van der Waals surface area contributed by atoms with Crippen LogP contribution in [0, 0.1) is 0 Å². The van der Waals surface area contributed by atoms with Gasteiger partial charge in [0.1, 0.15) is 0 Å². The third-order valence-electron chi connectivity index (χ3n) is 4.62. The molecule has 0 unspecified atom stereocenters. The van der Waals surface area contributed by atoms with Crippen LogP contribution in [0.25, 0.3) is 0 Å². The highest BCUT2D eigenvalue weighted by Crippen LogP contribution is 2.17. The van der Waals surface area contributed by atoms with Gasteiger partial charge in [0.05, 0.1) is 22.8 Å². The predicted octanol–water partition coefficient (Wildman–Crippen LogP) is 2.65. The highest BCUT2D eigenvalue weighted by atomic mass is 32.2. The number of carbonyl (C=O) groups is 2. The lowest BCUT2D eigenvalue weighted by Gasteiger charge is -2.10. The predicted molar refractivity (Wildman–Crippen MR) is 119 cm³/mol. The van der Waals surface area contributed by atoms with Gasteiger partial charge in [0.15, 0.2) is 0 Å². The lowest BCUT2D eigenvalue weighted by Crippen LogP contribution is -2.30. The SMILES string of the molecule is O=C(CCCc1ccccc1)Nc1cccc(S(=O)(=O)NC(=O)c2ccc(CO)nc2)c1. The van der Waals surface area contributed by atoms with Crippen LogP contribution in [0.4, 0.5) is 5.69 Å². The number of aryl methyl sites for hydroxylation is 1. The number of carbonyl (C=O) groups excluding carboxylic acids is 2. The Morgan fingerprint density at radius 1 is 0.969 bits per heavy atom. The van der Waals surface area contributed by atoms with E-state index < -0.39 is 15.9 Å². The normalized spacial score (nSPS) is 11.0. The molecule has 0 fully saturated rings. The summed E-state index contributed by atoms with van der Waals surface area (Å²) in [5.41, 5.74) is 1.86. The average Bonchev–Trinajstić information content (AvgIpc) is 2.80. The molecule has 3 N–H and O–H groups in total. The third-order valence-corrected chi connectivity index (χ3v) is 5.94. The Kier molecular flexibility index (Phi) is 7.69. The van der Waals surface area contributed by atoms with Crippen molar-refractivity contribution in [2.45, 2.75) is 30.8 Å². The second-order valence-corrected chi connectivity index (χ2v) is 8.73. The summed E-state index contributed by atoms with van der Waals surface area (Å²) in [7, 11) is -4.16. The van der Waals surface area contributed by atoms with E-state index in [1.807, 2.05) is 35.1 Å². The van der Waals surface area contributed by atoms with E-state index in [-0.39, 0.29) is 23.0 Å². The molecule has 32 heavy (non-hydrogen) atoms. The van der Waals surface area contributed by atoms with Gasteiger partial charge in [-0.2, -0.15) is 0 Å². The first kappa shape index (κ1) is 23.1. The number of amides is 2. The van der Waals surface area contributed by atoms with Crippen molar-refractivity contribution in [2.24, 2.45) is 0 Å². The first-order valence-electron chi connectivity index (χ1n) is 9.94. The van der Waals surface area contributed by atoms with Crippen molar-refractivity contribution in [3.8, 4) is 0 Å². The Morgan fingerprint density at radius 3 is 2.44 bits per heavy atom. The lowest BCUT2D eigenvalue weighted by atomic mass is 10.1. The summed E-state index contributed by atoms with van der Waals surface area (Å²) < 4.78 is 27.2. The minimum absolute atomic E-state index is 0.0358. The van der Waals surface area contributed by atoms with Crippen molar-refractivity contribution in [3.05, 3.63) is 89.7 Å². The van der Waals surface area contributed by atoms with E-state index in [2.05, 4.69) is 10.3 Å². The molecule has 0 saturated heterocycles. The largest absolute Gasteiger partial charge is 0.390 e. The van der Waals surface area contributed by atoms with E-state index in [9.17, 15) is 18.0 Å². The summed E-state index contributed by atoms with van der Waals surface area (Å²) in [5.74, 6) is -1.08. The highest BCUT2D eigenvalue weighted by Gasteiger charge is 2.19. The van der Waals surface area contributed by atoms with Crippen LogP contribution in [-0.4, -0.2) is 30.3 Å². The first-order valence-corrected chi connectivity index (χ1v) is 11.4. The molecule has 3 rings (SSSR count). The summed E-state index contributed by atoms with van der Waals surface area (Å²) in [4.78, 5) is 28.2. The van der Waals surface area contributed by atoms with Crippen LogP contribution in [-0.2, 0) is 27.8 Å². The molecule has 0 saturated carbocycles. The van der Waals surface area contributed by atoms with Crippen molar-refractivity contribution in [2.75, 3.05) is 5.32 Å². The number of nitrogens with one attached hydrogen (secondary N) is 2. The molecule has 1 heterocycles. The minimum Gasteiger partial charge on any atom is -0.390 e. The van der Waals surface area contributed by atoms with Gasteiger partial charge in [-0.1, -0.05) is 36.4 Å². The molecule has 0 aliphatic heterocycles. The number of anilines is 1. The Hall–Kier alpha value is -3.56. The van der Waals surface area contributed by atoms with Crippen LogP contribution in [0.1, 0.15) is 34.5 Å². The molecule has 0 aliphatic rings. The van der Waals surface area contributed by atoms with Crippen LogP contribution in [0.2, 0.25) is 0 Å². The summed E-state index contributed by atoms with van der Waals surface area (Å²) in [6.45, 7) is -0.287. The Morgan fingerprint density at radius 2 is 1.75 bits per heavy atom. The van der Waals surface area contributed by atoms with Crippen molar-refractivity contribution in [1.82, 2.24) is 9.71 Å². The molecule has 166 valence electrons. The van der Waals surface area contributed by atoms with E-state index >= 15 is 0 Å². The van der Waals surface area contributed by atoms with Crippen LogP contribution in [0.3, 0.4) is 0 Å². The van der Waals surface area contributed by atoms with Gasteiger partial charge in [-0.05, 0) is 48.7 Å². The number of aliphatic hydroxyl groups excluding tert-OH is 1. The van der Waals surface area contributed by atoms with Crippen LogP contribution in [0.15, 0.2) is 77.8 Å². The highest BCUT2D eigenvalue weighted by molar-refractivity contribution is 7.90. The zero-order chi connectivity index (χ0) is 23.0. The lowest BCUT2D eigenvalue weighted by molar-refractivity contribution is -0.116. The molecule has 8 nitrogen and oxygen atoms in total. The van der Waals surface area contributed by atoms with Gasteiger partial charge >= 0.3 is 0 Å². The van der Waals surface area contributed by atoms with Crippen molar-refractivity contribution in [1.29, 1.82) is 0 Å². The maximum Gasteiger partial charge on any atom is 0.266 e. The van der Waals surface area contributed by atoms with Gasteiger partial charge < -0.3 is 10.4 Å². The van der Waals surface area contributed by atoms with Gasteiger partial charge in [-0.25, -0.2) is 13.1 Å². The van der Waals surface area contributed by atoms with Crippen LogP contribution in [0.5, 0.6) is 0 Å². The molecule has 0 spiro atoms. The topological polar surface area (TPSA) is 125 Å². The van der Waals surface area contributed by atoms with Crippen molar-refractivity contribution in [3.63, 3.8) is 0 Å². The number of nitrogens with zero attached hydrogens (tertiary/aromatic N) is 1. The monoisotopic (exact) mass is 453 g/mol. The molecule has 2 amide bonds. The molecule has 2 aromatic carbocycles. The number of aliphatic hydroxyl groups is 1. The molecular formula is C23H23N3O5S. The molecular weight excluding hydrogens is 430 g/mol. The zero-order valence-corrected chi connectivity index (χ0v) is 18.0. The van der Waals surface area contributed by atoms with E-state index in [1.165, 1.54) is 36.5 Å². The fourth-order valence-corrected chi connectivity index (χ4v) is 3.97. The second-order valence-electron chi connectivity index (χ2n) is 7.05. The van der Waals surface area contributed by atoms with Crippen LogP contribution >= 0.6 is 0 Å². The van der Waals surface area contributed by atoms with Crippen molar-refractivity contribution < 1.29 is 23.1 Å². The summed E-state index contributed by atoms with van der Waals surface area (Å²) in [5, 5.41) is 11.7. The van der Waals surface area contributed by atoms with Gasteiger partial charge in [0.2, 0.25) is 5.91 Å². The number of hydrogen-bond donors (Lipinski definition) is 3. The number of pyridine rings is 1. The smallest absolute Gasteiger partial charge is 0.266 e. The summed E-state index contributed by atoms with van der Waals surface area (Å²) >= 11 is 0. The van der Waals surface area contributed by atoms with Crippen LogP contribution < -0.4 is 10.0 Å². The van der Waals surface area contributed by atoms with Gasteiger partial charge in [-0.3, -0.25) is 14.6 Å². The summed E-state index contributed by atoms with van der Waals surface area (Å²) in [6.07, 6.45) is 2.90. The van der Waals surface area contributed by atoms with Gasteiger partial charge in [0, 0.05) is 18.3 Å². The Bertz CT molecular complexity index is 1180. The van der Waals surface area contributed by atoms with E-state index in [0.29, 0.717) is 24.2 Å². The van der Waals surface area contributed by atoms with Crippen molar-refractivity contribution >= 4 is 27.5 Å². The van der Waals surface area contributed by atoms with Gasteiger partial charge in [0.25, 0.3) is 15.9 Å². The number of sulfonamides is 1. The third kappa shape index (κ3) is 6.47. The maximum atomic E-state index is 12.6. The second kappa shape index (κ2) is 10.7. The average molecular weight is 454 g/mol. The Labute approximate surface area is 186 Å². The minimum atomic E-state index is -4.16. The molecule has 0 aliphatic carbocycles. The van der Waals surface area contributed by atoms with E-state index in [4.69, 9.17) is 5.11 Å². The number of hydrogen-bond acceptors (Lipinski definition) is 6. The molecule has 0 atom stereocenters. The summed E-state index contributed by atoms with van der Waals surface area (Å²) in [6, 6.07) is 18.3. The fourth-order valence-electron chi connectivity index (χ4n) is 2.95. The molecule has 9 heteroatoms. The standard InChI is InChI=1S/C23H23N3O5S/c27-16-20-13-12-18(15-24-20)23(29)26-32(30,31)21-10-5-9-19(14-21)25-22(28)11-4-8-17-6-2-1-3-7-17/h1-3,5-7,9-10,12-15,27H,4,8,11,16H2,(H,25,28)(H,26,29). The first-order chi connectivity index (χ1) is 15.4. The fraction of sp³-hybridized carbons (Fsp3) is 0.174. The Balaban J connectivity index is 1.59. The molecule has 1 aromatic heterocycles. The molecule has 0 bridgehead atoms. The number of aromatic nitrogens is 1. The quantitative estimate of drug-likeness (QED) is 0.457. The maximum absolute atomic E-state index is 12.6. The zero-order valence-electron chi connectivity index (χ0n) is 17.2. The number of rotatable bonds is 9. The molecule has 3 aromatic rings. The molecule has 0 radical (unpaired) electrons. The van der Waals surface area contributed by atoms with E-state index in [0.717, 1.165) is 12.0 Å². The number of benzene rings is 2.